The first-order valence-electron chi connectivity index (χ1n) is 19.1. The molecule has 1 aromatic heterocycles. The Morgan fingerprint density at radius 3 is 1.41 bits per heavy atom. The smallest absolute Gasteiger partial charge is 0.160 e. The van der Waals surface area contributed by atoms with Crippen LogP contribution in [0.15, 0.2) is 216 Å². The van der Waals surface area contributed by atoms with E-state index in [9.17, 15) is 0 Å². The van der Waals surface area contributed by atoms with Crippen molar-refractivity contribution in [1.29, 1.82) is 0 Å². The average Bonchev–Trinajstić information content (AvgIpc) is 3.57. The number of hydrogen-bond donors (Lipinski definition) is 0. The first-order valence-corrected chi connectivity index (χ1v) is 19.9. The molecule has 0 saturated carbocycles. The summed E-state index contributed by atoms with van der Waals surface area (Å²) in [6.45, 7) is 0. The van der Waals surface area contributed by atoms with E-state index in [-0.39, 0.29) is 0 Å². The molecule has 56 heavy (non-hydrogen) atoms. The second kappa shape index (κ2) is 13.2. The van der Waals surface area contributed by atoms with Gasteiger partial charge in [0.1, 0.15) is 0 Å². The van der Waals surface area contributed by atoms with Gasteiger partial charge in [-0.2, -0.15) is 0 Å². The van der Waals surface area contributed by atoms with Crippen LogP contribution in [0.3, 0.4) is 0 Å². The SMILES string of the molecule is c1ccc(-c2cccc(-c3cc(-c4cccc(-c5ccc6c(c5)C5(c7ccccc7S6)c6ccccc6-c6ccccc65)c4)nc(-c4ccccc4)n3)c2)cc1. The van der Waals surface area contributed by atoms with Gasteiger partial charge in [-0.15, -0.1) is 0 Å². The summed E-state index contributed by atoms with van der Waals surface area (Å²) in [4.78, 5) is 13.0. The highest BCUT2D eigenvalue weighted by atomic mass is 32.2. The zero-order valence-corrected chi connectivity index (χ0v) is 31.2. The van der Waals surface area contributed by atoms with Gasteiger partial charge < -0.3 is 0 Å². The summed E-state index contributed by atoms with van der Waals surface area (Å²) >= 11 is 1.88. The Balaban J connectivity index is 1.07. The summed E-state index contributed by atoms with van der Waals surface area (Å²) in [5, 5.41) is 0. The Hall–Kier alpha value is -6.81. The molecule has 3 heteroatoms. The van der Waals surface area contributed by atoms with Gasteiger partial charge in [-0.1, -0.05) is 182 Å². The van der Waals surface area contributed by atoms with Crippen LogP contribution in [0.1, 0.15) is 22.3 Å². The number of benzene rings is 8. The van der Waals surface area contributed by atoms with Crippen LogP contribution in [0.2, 0.25) is 0 Å². The van der Waals surface area contributed by atoms with Crippen molar-refractivity contribution in [1.82, 2.24) is 9.97 Å². The summed E-state index contributed by atoms with van der Waals surface area (Å²) in [5.41, 5.74) is 17.1. The van der Waals surface area contributed by atoms with E-state index in [2.05, 4.69) is 188 Å². The minimum Gasteiger partial charge on any atom is -0.228 e. The van der Waals surface area contributed by atoms with Crippen molar-refractivity contribution in [2.45, 2.75) is 15.2 Å². The number of hydrogen-bond acceptors (Lipinski definition) is 3. The van der Waals surface area contributed by atoms with E-state index >= 15 is 0 Å². The van der Waals surface area contributed by atoms with Crippen LogP contribution in [-0.4, -0.2) is 9.97 Å². The monoisotopic (exact) mass is 730 g/mol. The van der Waals surface area contributed by atoms with Gasteiger partial charge in [0, 0.05) is 26.5 Å². The van der Waals surface area contributed by atoms with Gasteiger partial charge in [-0.25, -0.2) is 9.97 Å². The molecule has 2 heterocycles. The van der Waals surface area contributed by atoms with Gasteiger partial charge in [-0.05, 0) is 92.0 Å². The van der Waals surface area contributed by atoms with Crippen molar-refractivity contribution in [3.8, 4) is 67.3 Å². The van der Waals surface area contributed by atoms with E-state index in [1.54, 1.807) is 0 Å². The van der Waals surface area contributed by atoms with Crippen molar-refractivity contribution < 1.29 is 0 Å². The molecule has 11 rings (SSSR count). The summed E-state index contributed by atoms with van der Waals surface area (Å²) in [7, 11) is 0. The van der Waals surface area contributed by atoms with Gasteiger partial charge >= 0.3 is 0 Å². The molecule has 262 valence electrons. The highest BCUT2D eigenvalue weighted by Gasteiger charge is 2.50. The quantitative estimate of drug-likeness (QED) is 0.176. The van der Waals surface area contributed by atoms with E-state index in [4.69, 9.17) is 9.97 Å². The van der Waals surface area contributed by atoms with Crippen molar-refractivity contribution in [3.05, 3.63) is 229 Å². The molecule has 1 spiro atoms. The fourth-order valence-electron chi connectivity index (χ4n) is 8.84. The second-order valence-electron chi connectivity index (χ2n) is 14.5. The standard InChI is InChI=1S/C53H34N2S/c1-3-15-35(16-4-1)37-19-13-21-40(31-37)48-34-49(55-52(54-48)36-17-5-2-6-18-36)41-22-14-20-38(32-41)39-29-30-51-47(33-39)53(46-27-11-12-28-50(46)56-51)44-25-9-7-23-42(44)43-24-8-10-26-45(43)53/h1-34H. The molecule has 0 fully saturated rings. The minimum absolute atomic E-state index is 0.418. The molecule has 1 aliphatic carbocycles. The molecular formula is C53H34N2S. The van der Waals surface area contributed by atoms with Crippen LogP contribution in [0, 0.1) is 0 Å². The Bertz CT molecular complexity index is 2910. The van der Waals surface area contributed by atoms with Gasteiger partial charge in [0.25, 0.3) is 0 Å². The Morgan fingerprint density at radius 1 is 0.304 bits per heavy atom. The van der Waals surface area contributed by atoms with Crippen LogP contribution in [-0.2, 0) is 5.41 Å². The van der Waals surface area contributed by atoms with Crippen molar-refractivity contribution in [3.63, 3.8) is 0 Å². The average molecular weight is 731 g/mol. The summed E-state index contributed by atoms with van der Waals surface area (Å²) in [6.07, 6.45) is 0. The number of fused-ring (bicyclic) bond motifs is 9. The predicted octanol–water partition coefficient (Wildman–Crippen LogP) is 13.6. The molecule has 0 saturated heterocycles. The lowest BCUT2D eigenvalue weighted by Gasteiger charge is -2.40. The molecular weight excluding hydrogens is 697 g/mol. The molecule has 1 aliphatic heterocycles. The third kappa shape index (κ3) is 5.20. The first kappa shape index (κ1) is 32.6. The number of aromatic nitrogens is 2. The largest absolute Gasteiger partial charge is 0.228 e. The van der Waals surface area contributed by atoms with Gasteiger partial charge in [-0.3, -0.25) is 0 Å². The van der Waals surface area contributed by atoms with Gasteiger partial charge in [0.2, 0.25) is 0 Å². The molecule has 9 aromatic rings. The molecule has 0 bridgehead atoms. The first-order chi connectivity index (χ1) is 27.7. The highest BCUT2D eigenvalue weighted by molar-refractivity contribution is 7.99. The Kier molecular flexibility index (Phi) is 7.68. The summed E-state index contributed by atoms with van der Waals surface area (Å²) < 4.78 is 0. The fraction of sp³-hybridized carbons (Fsp3) is 0.0189. The maximum atomic E-state index is 5.20. The van der Waals surface area contributed by atoms with Crippen LogP contribution < -0.4 is 0 Å². The van der Waals surface area contributed by atoms with Crippen LogP contribution in [0.5, 0.6) is 0 Å². The van der Waals surface area contributed by atoms with Crippen LogP contribution in [0.25, 0.3) is 67.3 Å². The Labute approximate surface area is 331 Å². The van der Waals surface area contributed by atoms with E-state index < -0.39 is 5.41 Å². The summed E-state index contributed by atoms with van der Waals surface area (Å²) in [5.74, 6) is 0.707. The highest BCUT2D eigenvalue weighted by Crippen LogP contribution is 2.62. The molecule has 8 aromatic carbocycles. The normalized spacial score (nSPS) is 13.1. The molecule has 0 amide bonds. The predicted molar refractivity (Wildman–Crippen MR) is 231 cm³/mol. The van der Waals surface area contributed by atoms with E-state index in [1.807, 2.05) is 30.0 Å². The number of rotatable bonds is 5. The van der Waals surface area contributed by atoms with Gasteiger partial charge in [0.05, 0.1) is 16.8 Å². The minimum atomic E-state index is -0.418. The van der Waals surface area contributed by atoms with Crippen molar-refractivity contribution in [2.24, 2.45) is 0 Å². The van der Waals surface area contributed by atoms with E-state index in [0.29, 0.717) is 5.82 Å². The number of nitrogens with zero attached hydrogens (tertiary/aromatic N) is 2. The second-order valence-corrected chi connectivity index (χ2v) is 15.6. The lowest BCUT2D eigenvalue weighted by molar-refractivity contribution is 0.723. The molecule has 0 atom stereocenters. The topological polar surface area (TPSA) is 25.8 Å². The lowest BCUT2D eigenvalue weighted by atomic mass is 9.67. The third-order valence-corrected chi connectivity index (χ3v) is 12.5. The van der Waals surface area contributed by atoms with Crippen molar-refractivity contribution >= 4 is 11.8 Å². The molecule has 2 aliphatic rings. The van der Waals surface area contributed by atoms with Gasteiger partial charge in [0.15, 0.2) is 5.82 Å². The van der Waals surface area contributed by atoms with E-state index in [1.165, 1.54) is 54.3 Å². The van der Waals surface area contributed by atoms with Crippen LogP contribution >= 0.6 is 11.8 Å². The maximum absolute atomic E-state index is 5.20. The molecule has 2 nitrogen and oxygen atoms in total. The zero-order valence-electron chi connectivity index (χ0n) is 30.4. The molecule has 0 radical (unpaired) electrons. The van der Waals surface area contributed by atoms with Crippen LogP contribution in [0.4, 0.5) is 0 Å². The third-order valence-electron chi connectivity index (χ3n) is 11.4. The van der Waals surface area contributed by atoms with E-state index in [0.717, 1.165) is 39.2 Å². The lowest BCUT2D eigenvalue weighted by Crippen LogP contribution is -2.32. The van der Waals surface area contributed by atoms with Crippen molar-refractivity contribution in [2.75, 3.05) is 0 Å². The maximum Gasteiger partial charge on any atom is 0.160 e. The zero-order chi connectivity index (χ0) is 37.1. The molecule has 0 N–H and O–H groups in total. The molecule has 0 unspecified atom stereocenters. The summed E-state index contributed by atoms with van der Waals surface area (Å²) in [6, 6.07) is 74.4. The Morgan fingerprint density at radius 2 is 0.768 bits per heavy atom. The fourth-order valence-corrected chi connectivity index (χ4v) is 10.0.